The van der Waals surface area contributed by atoms with Crippen LogP contribution in [0.15, 0.2) is 18.2 Å². The van der Waals surface area contributed by atoms with Gasteiger partial charge in [-0.15, -0.1) is 0 Å². The Balaban J connectivity index is 1.82. The van der Waals surface area contributed by atoms with Crippen LogP contribution >= 0.6 is 11.6 Å². The van der Waals surface area contributed by atoms with Gasteiger partial charge in [0.1, 0.15) is 6.07 Å². The van der Waals surface area contributed by atoms with Gasteiger partial charge in [0.25, 0.3) is 0 Å². The fraction of sp³-hybridized carbons (Fsp3) is 0.462. The molecule has 2 fully saturated rings. The van der Waals surface area contributed by atoms with E-state index in [0.717, 1.165) is 43.7 Å². The monoisotopic (exact) mass is 247 g/mol. The van der Waals surface area contributed by atoms with Crippen molar-refractivity contribution < 1.29 is 0 Å². The highest BCUT2D eigenvalue weighted by Gasteiger charge is 2.36. The number of anilines is 1. The summed E-state index contributed by atoms with van der Waals surface area (Å²) in [7, 11) is 0. The molecule has 4 heteroatoms. The highest BCUT2D eigenvalue weighted by molar-refractivity contribution is 6.32. The van der Waals surface area contributed by atoms with E-state index in [1.165, 1.54) is 0 Å². The van der Waals surface area contributed by atoms with Crippen molar-refractivity contribution >= 4 is 17.3 Å². The second-order valence-electron chi connectivity index (χ2n) is 4.86. The van der Waals surface area contributed by atoms with E-state index in [-0.39, 0.29) is 0 Å². The van der Waals surface area contributed by atoms with Gasteiger partial charge >= 0.3 is 0 Å². The number of rotatable bonds is 1. The van der Waals surface area contributed by atoms with Crippen molar-refractivity contribution in [3.05, 3.63) is 28.8 Å². The molecule has 2 atom stereocenters. The van der Waals surface area contributed by atoms with E-state index in [4.69, 9.17) is 16.9 Å². The third-order valence-corrected chi connectivity index (χ3v) is 4.14. The molecule has 1 aromatic carbocycles. The molecule has 2 saturated heterocycles. The smallest absolute Gasteiger partial charge is 0.101 e. The first-order chi connectivity index (χ1) is 8.28. The first kappa shape index (κ1) is 10.9. The maximum Gasteiger partial charge on any atom is 0.101 e. The van der Waals surface area contributed by atoms with E-state index in [1.54, 1.807) is 0 Å². The summed E-state index contributed by atoms with van der Waals surface area (Å²) < 4.78 is 0. The van der Waals surface area contributed by atoms with Crippen LogP contribution in [-0.2, 0) is 0 Å². The molecular formula is C13H14ClN3. The molecule has 0 amide bonds. The quantitative estimate of drug-likeness (QED) is 0.824. The summed E-state index contributed by atoms with van der Waals surface area (Å²) in [6.07, 6.45) is 0. The number of hydrogen-bond donors (Lipinski definition) is 1. The summed E-state index contributed by atoms with van der Waals surface area (Å²) in [5, 5.41) is 12.8. The number of fused-ring (bicyclic) bond motifs is 1. The molecule has 0 aliphatic carbocycles. The van der Waals surface area contributed by atoms with Crippen LogP contribution < -0.4 is 10.2 Å². The lowest BCUT2D eigenvalue weighted by Crippen LogP contribution is -2.25. The second-order valence-corrected chi connectivity index (χ2v) is 5.27. The maximum atomic E-state index is 8.85. The molecule has 2 aliphatic rings. The maximum absolute atomic E-state index is 8.85. The van der Waals surface area contributed by atoms with Crippen molar-refractivity contribution in [2.45, 2.75) is 0 Å². The molecule has 1 aromatic rings. The first-order valence-corrected chi connectivity index (χ1v) is 6.31. The van der Waals surface area contributed by atoms with E-state index in [1.807, 2.05) is 18.2 Å². The zero-order valence-electron chi connectivity index (χ0n) is 9.49. The summed E-state index contributed by atoms with van der Waals surface area (Å²) in [4.78, 5) is 2.38. The average molecular weight is 248 g/mol. The third-order valence-electron chi connectivity index (χ3n) is 3.83. The minimum absolute atomic E-state index is 0.552. The van der Waals surface area contributed by atoms with E-state index >= 15 is 0 Å². The molecule has 88 valence electrons. The fourth-order valence-corrected chi connectivity index (χ4v) is 3.07. The minimum Gasteiger partial charge on any atom is -0.371 e. The topological polar surface area (TPSA) is 39.1 Å². The summed E-state index contributed by atoms with van der Waals surface area (Å²) in [5.41, 5.74) is 1.69. The second kappa shape index (κ2) is 4.21. The number of halogens is 1. The molecule has 0 saturated carbocycles. The Morgan fingerprint density at radius 2 is 2.00 bits per heavy atom. The molecule has 3 nitrogen and oxygen atoms in total. The van der Waals surface area contributed by atoms with E-state index in [9.17, 15) is 0 Å². The predicted molar refractivity (Wildman–Crippen MR) is 68.2 cm³/mol. The molecule has 0 spiro atoms. The van der Waals surface area contributed by atoms with Crippen LogP contribution in [0.2, 0.25) is 5.02 Å². The highest BCUT2D eigenvalue weighted by atomic mass is 35.5. The molecule has 0 aromatic heterocycles. The Labute approximate surface area is 106 Å². The predicted octanol–water partition coefficient (Wildman–Crippen LogP) is 1.87. The molecule has 2 heterocycles. The Morgan fingerprint density at radius 3 is 2.59 bits per heavy atom. The van der Waals surface area contributed by atoms with Crippen LogP contribution in [0.1, 0.15) is 5.56 Å². The van der Waals surface area contributed by atoms with Gasteiger partial charge in [-0.1, -0.05) is 11.6 Å². The van der Waals surface area contributed by atoms with Crippen LogP contribution in [0.5, 0.6) is 0 Å². The van der Waals surface area contributed by atoms with Gasteiger partial charge < -0.3 is 10.2 Å². The van der Waals surface area contributed by atoms with Crippen molar-refractivity contribution in [3.63, 3.8) is 0 Å². The van der Waals surface area contributed by atoms with Gasteiger partial charge in [-0.25, -0.2) is 0 Å². The average Bonchev–Trinajstić information content (AvgIpc) is 2.88. The molecule has 0 bridgehead atoms. The summed E-state index contributed by atoms with van der Waals surface area (Å²) in [6.45, 7) is 4.45. The van der Waals surface area contributed by atoms with Crippen molar-refractivity contribution in [2.75, 3.05) is 31.1 Å². The van der Waals surface area contributed by atoms with Gasteiger partial charge in [0, 0.05) is 31.9 Å². The van der Waals surface area contributed by atoms with Crippen LogP contribution in [0.3, 0.4) is 0 Å². The Morgan fingerprint density at radius 1 is 1.29 bits per heavy atom. The summed E-state index contributed by atoms with van der Waals surface area (Å²) in [5.74, 6) is 1.54. The Kier molecular flexibility index (Phi) is 2.70. The van der Waals surface area contributed by atoms with Crippen LogP contribution in [0.4, 0.5) is 5.69 Å². The van der Waals surface area contributed by atoms with Gasteiger partial charge in [0.05, 0.1) is 10.6 Å². The highest BCUT2D eigenvalue weighted by Crippen LogP contribution is 2.32. The molecule has 0 unspecified atom stereocenters. The molecular weight excluding hydrogens is 234 g/mol. The molecule has 17 heavy (non-hydrogen) atoms. The molecule has 3 rings (SSSR count). The normalized spacial score (nSPS) is 26.9. The largest absolute Gasteiger partial charge is 0.371 e. The van der Waals surface area contributed by atoms with Crippen LogP contribution in [-0.4, -0.2) is 26.2 Å². The van der Waals surface area contributed by atoms with E-state index < -0.39 is 0 Å². The number of nitrogens with one attached hydrogen (secondary N) is 1. The minimum atomic E-state index is 0.552. The van der Waals surface area contributed by atoms with Crippen molar-refractivity contribution in [2.24, 2.45) is 11.8 Å². The number of nitrogens with zero attached hydrogens (tertiary/aromatic N) is 2. The van der Waals surface area contributed by atoms with E-state index in [2.05, 4.69) is 16.3 Å². The van der Waals surface area contributed by atoms with Gasteiger partial charge in [-0.05, 0) is 30.0 Å². The number of benzene rings is 1. The van der Waals surface area contributed by atoms with Gasteiger partial charge in [0.2, 0.25) is 0 Å². The number of nitriles is 1. The number of hydrogen-bond acceptors (Lipinski definition) is 3. The standard InChI is InChI=1S/C13H14ClN3/c14-13-3-12(2-1-9(13)4-15)17-7-10-5-16-6-11(10)8-17/h1-3,10-11,16H,5-8H2/t10-,11+. The lowest BCUT2D eigenvalue weighted by Gasteiger charge is -2.20. The Hall–Kier alpha value is -1.24. The van der Waals surface area contributed by atoms with Gasteiger partial charge in [0.15, 0.2) is 0 Å². The molecule has 2 aliphatic heterocycles. The third kappa shape index (κ3) is 1.88. The SMILES string of the molecule is N#Cc1ccc(N2C[C@H]3CNC[C@H]3C2)cc1Cl. The molecule has 0 radical (unpaired) electrons. The molecule has 1 N–H and O–H groups in total. The lowest BCUT2D eigenvalue weighted by atomic mass is 10.0. The summed E-state index contributed by atoms with van der Waals surface area (Å²) in [6, 6.07) is 7.81. The summed E-state index contributed by atoms with van der Waals surface area (Å²) >= 11 is 6.07. The van der Waals surface area contributed by atoms with Crippen molar-refractivity contribution in [3.8, 4) is 6.07 Å². The Bertz CT molecular complexity index is 468. The van der Waals surface area contributed by atoms with Crippen LogP contribution in [0.25, 0.3) is 0 Å². The lowest BCUT2D eigenvalue weighted by molar-refractivity contribution is 0.533. The van der Waals surface area contributed by atoms with Crippen LogP contribution in [0, 0.1) is 23.2 Å². The van der Waals surface area contributed by atoms with Gasteiger partial charge in [-0.2, -0.15) is 5.26 Å². The van der Waals surface area contributed by atoms with Crippen molar-refractivity contribution in [1.29, 1.82) is 5.26 Å². The van der Waals surface area contributed by atoms with Gasteiger partial charge in [-0.3, -0.25) is 0 Å². The van der Waals surface area contributed by atoms with Crippen molar-refractivity contribution in [1.82, 2.24) is 5.32 Å². The van der Waals surface area contributed by atoms with E-state index in [0.29, 0.717) is 10.6 Å². The zero-order valence-corrected chi connectivity index (χ0v) is 10.2. The first-order valence-electron chi connectivity index (χ1n) is 5.93. The zero-order chi connectivity index (χ0) is 11.8. The fourth-order valence-electron chi connectivity index (χ4n) is 2.86.